The monoisotopic (exact) mass is 522 g/mol. The van der Waals surface area contributed by atoms with E-state index in [4.69, 9.17) is 24.7 Å². The Balaban J connectivity index is 1.77. The second-order valence-electron chi connectivity index (χ2n) is 9.21. The Morgan fingerprint density at radius 1 is 1.11 bits per heavy atom. The number of urea groups is 1. The van der Waals surface area contributed by atoms with Gasteiger partial charge in [-0.2, -0.15) is 0 Å². The van der Waals surface area contributed by atoms with E-state index in [1.807, 2.05) is 20.8 Å². The molecule has 11 heteroatoms. The van der Waals surface area contributed by atoms with Crippen LogP contribution in [0.5, 0.6) is 23.1 Å². The maximum atomic E-state index is 12.6. The van der Waals surface area contributed by atoms with Gasteiger partial charge in [0.15, 0.2) is 11.5 Å². The number of hydrogen-bond donors (Lipinski definition) is 3. The van der Waals surface area contributed by atoms with Gasteiger partial charge in [-0.25, -0.2) is 14.8 Å². The number of anilines is 1. The first-order valence-corrected chi connectivity index (χ1v) is 11.9. The first-order chi connectivity index (χ1) is 18.1. The van der Waals surface area contributed by atoms with E-state index < -0.39 is 6.03 Å². The molecule has 3 aromatic rings. The molecule has 0 atom stereocenters. The van der Waals surface area contributed by atoms with Gasteiger partial charge in [0.05, 0.1) is 24.6 Å². The molecule has 0 saturated heterocycles. The van der Waals surface area contributed by atoms with Crippen LogP contribution in [0.15, 0.2) is 59.5 Å². The molecule has 202 valence electrons. The van der Waals surface area contributed by atoms with E-state index in [1.54, 1.807) is 63.7 Å². The minimum absolute atomic E-state index is 0.256. The van der Waals surface area contributed by atoms with Gasteiger partial charge in [0.2, 0.25) is 5.88 Å². The first kappa shape index (κ1) is 28.2. The topological polar surface area (TPSA) is 142 Å². The van der Waals surface area contributed by atoms with Crippen LogP contribution in [0, 0.1) is 5.41 Å². The fourth-order valence-corrected chi connectivity index (χ4v) is 3.18. The number of amidine groups is 1. The van der Waals surface area contributed by atoms with Gasteiger partial charge in [0, 0.05) is 43.1 Å². The van der Waals surface area contributed by atoms with Crippen LogP contribution in [0.25, 0.3) is 10.9 Å². The molecular formula is C27H34N6O5. The Hall–Kier alpha value is -4.38. The average molecular weight is 523 g/mol. The molecule has 0 saturated carbocycles. The SMILES string of the molecule is CN=C(C=C(N)C(C)(C)C)NC(=O)Nc1cccc(Oc2ncnc3cc(OCCOC)c(OC)cc23)c1. The molecule has 38 heavy (non-hydrogen) atoms. The maximum Gasteiger partial charge on any atom is 0.324 e. The summed E-state index contributed by atoms with van der Waals surface area (Å²) in [6.45, 7) is 6.74. The quantitative estimate of drug-likeness (QED) is 0.212. The Kier molecular flexibility index (Phi) is 9.44. The number of amides is 2. The molecule has 0 aliphatic rings. The second kappa shape index (κ2) is 12.7. The minimum Gasteiger partial charge on any atom is -0.493 e. The molecule has 0 fully saturated rings. The van der Waals surface area contributed by atoms with Gasteiger partial charge in [-0.05, 0) is 24.3 Å². The van der Waals surface area contributed by atoms with Crippen molar-refractivity contribution < 1.29 is 23.7 Å². The van der Waals surface area contributed by atoms with Crippen molar-refractivity contribution >= 4 is 28.5 Å². The molecule has 11 nitrogen and oxygen atoms in total. The van der Waals surface area contributed by atoms with E-state index in [-0.39, 0.29) is 5.41 Å². The number of nitrogens with two attached hydrogens (primary N) is 1. The van der Waals surface area contributed by atoms with Crippen LogP contribution < -0.4 is 30.6 Å². The Bertz CT molecular complexity index is 1330. The smallest absolute Gasteiger partial charge is 0.324 e. The van der Waals surface area contributed by atoms with E-state index in [9.17, 15) is 4.79 Å². The number of nitrogens with one attached hydrogen (secondary N) is 2. The number of carbonyl (C=O) groups excluding carboxylic acids is 1. The number of methoxy groups -OCH3 is 2. The highest BCUT2D eigenvalue weighted by atomic mass is 16.5. The number of rotatable bonds is 9. The van der Waals surface area contributed by atoms with Gasteiger partial charge in [-0.3, -0.25) is 10.3 Å². The molecular weight excluding hydrogens is 488 g/mol. The van der Waals surface area contributed by atoms with Gasteiger partial charge in [0.1, 0.15) is 24.5 Å². The highest BCUT2D eigenvalue weighted by Gasteiger charge is 2.16. The van der Waals surface area contributed by atoms with E-state index in [0.717, 1.165) is 0 Å². The molecule has 0 bridgehead atoms. The number of benzene rings is 2. The molecule has 0 radical (unpaired) electrons. The number of carbonyl (C=O) groups is 1. The summed E-state index contributed by atoms with van der Waals surface area (Å²) in [5.74, 6) is 2.17. The molecule has 1 heterocycles. The molecule has 0 aliphatic carbocycles. The molecule has 2 aromatic carbocycles. The lowest BCUT2D eigenvalue weighted by atomic mass is 9.92. The van der Waals surface area contributed by atoms with Crippen LogP contribution in [0.1, 0.15) is 20.8 Å². The average Bonchev–Trinajstić information content (AvgIpc) is 2.87. The molecule has 4 N–H and O–H groups in total. The van der Waals surface area contributed by atoms with Crippen molar-refractivity contribution in [1.29, 1.82) is 0 Å². The second-order valence-corrected chi connectivity index (χ2v) is 9.21. The van der Waals surface area contributed by atoms with Crippen molar-refractivity contribution in [2.45, 2.75) is 20.8 Å². The molecule has 2 amide bonds. The normalized spacial score (nSPS) is 12.3. The van der Waals surface area contributed by atoms with Gasteiger partial charge in [-0.15, -0.1) is 0 Å². The molecule has 1 aromatic heterocycles. The Labute approximate surface area is 222 Å². The largest absolute Gasteiger partial charge is 0.493 e. The summed E-state index contributed by atoms with van der Waals surface area (Å²) in [7, 11) is 4.73. The van der Waals surface area contributed by atoms with Crippen LogP contribution in [0.4, 0.5) is 10.5 Å². The van der Waals surface area contributed by atoms with Crippen LogP contribution in [-0.4, -0.2) is 56.3 Å². The van der Waals surface area contributed by atoms with E-state index in [2.05, 4.69) is 25.6 Å². The lowest BCUT2D eigenvalue weighted by Crippen LogP contribution is -2.34. The predicted octanol–water partition coefficient (Wildman–Crippen LogP) is 4.49. The van der Waals surface area contributed by atoms with E-state index in [1.165, 1.54) is 6.33 Å². The zero-order valence-corrected chi connectivity index (χ0v) is 22.5. The summed E-state index contributed by atoms with van der Waals surface area (Å²) >= 11 is 0. The lowest BCUT2D eigenvalue weighted by Gasteiger charge is -2.19. The standard InChI is InChI=1S/C27H34N6O5/c1-27(2,3)23(28)15-24(29-4)33-26(34)32-17-8-7-9-18(12-17)38-25-19-13-21(36-6)22(37-11-10-35-5)14-20(19)30-16-31-25/h7-9,12-16H,10-11,28H2,1-6H3,(H2,29,32,33,34). The van der Waals surface area contributed by atoms with E-state index >= 15 is 0 Å². The fourth-order valence-electron chi connectivity index (χ4n) is 3.18. The van der Waals surface area contributed by atoms with Gasteiger partial charge in [0.25, 0.3) is 0 Å². The highest BCUT2D eigenvalue weighted by Crippen LogP contribution is 2.36. The van der Waals surface area contributed by atoms with Crippen molar-refractivity contribution in [2.24, 2.45) is 16.1 Å². The predicted molar refractivity (Wildman–Crippen MR) is 147 cm³/mol. The van der Waals surface area contributed by atoms with Crippen molar-refractivity contribution in [1.82, 2.24) is 15.3 Å². The molecule has 0 unspecified atom stereocenters. The van der Waals surface area contributed by atoms with Crippen LogP contribution >= 0.6 is 0 Å². The van der Waals surface area contributed by atoms with Crippen LogP contribution in [-0.2, 0) is 4.74 Å². The minimum atomic E-state index is -0.473. The van der Waals surface area contributed by atoms with Crippen molar-refractivity contribution in [3.05, 3.63) is 54.5 Å². The van der Waals surface area contributed by atoms with Crippen molar-refractivity contribution in [3.8, 4) is 23.1 Å². The number of aliphatic imine (C=N–C) groups is 1. The van der Waals surface area contributed by atoms with Crippen molar-refractivity contribution in [3.63, 3.8) is 0 Å². The van der Waals surface area contributed by atoms with Gasteiger partial charge >= 0.3 is 6.03 Å². The van der Waals surface area contributed by atoms with Gasteiger partial charge < -0.3 is 30.0 Å². The summed E-state index contributed by atoms with van der Waals surface area (Å²) in [4.78, 5) is 25.3. The fraction of sp³-hybridized carbons (Fsp3) is 0.333. The summed E-state index contributed by atoms with van der Waals surface area (Å²) < 4.78 is 22.3. The number of aromatic nitrogens is 2. The maximum absolute atomic E-state index is 12.6. The molecule has 0 spiro atoms. The lowest BCUT2D eigenvalue weighted by molar-refractivity contribution is 0.144. The summed E-state index contributed by atoms with van der Waals surface area (Å²) in [6.07, 6.45) is 3.04. The van der Waals surface area contributed by atoms with Crippen molar-refractivity contribution in [2.75, 3.05) is 39.8 Å². The Morgan fingerprint density at radius 2 is 1.89 bits per heavy atom. The third-order valence-corrected chi connectivity index (χ3v) is 5.38. The first-order valence-electron chi connectivity index (χ1n) is 11.9. The third kappa shape index (κ3) is 7.56. The summed E-state index contributed by atoms with van der Waals surface area (Å²) in [5.41, 5.74) is 7.56. The Morgan fingerprint density at radius 3 is 2.58 bits per heavy atom. The molecule has 3 rings (SSSR count). The number of ether oxygens (including phenoxy) is 4. The summed E-state index contributed by atoms with van der Waals surface area (Å²) in [6, 6.07) is 9.96. The highest BCUT2D eigenvalue weighted by molar-refractivity contribution is 6.08. The molecule has 0 aliphatic heterocycles. The van der Waals surface area contributed by atoms with Gasteiger partial charge in [-0.1, -0.05) is 26.8 Å². The summed E-state index contributed by atoms with van der Waals surface area (Å²) in [5, 5.41) is 6.10. The van der Waals surface area contributed by atoms with Crippen LogP contribution in [0.3, 0.4) is 0 Å². The number of hydrogen-bond acceptors (Lipinski definition) is 9. The number of nitrogens with zero attached hydrogens (tertiary/aromatic N) is 3. The third-order valence-electron chi connectivity index (χ3n) is 5.38. The zero-order chi connectivity index (χ0) is 27.7. The number of fused-ring (bicyclic) bond motifs is 1. The van der Waals surface area contributed by atoms with Crippen LogP contribution in [0.2, 0.25) is 0 Å². The van der Waals surface area contributed by atoms with E-state index in [0.29, 0.717) is 64.5 Å². The number of allylic oxidation sites excluding steroid dienone is 1. The zero-order valence-electron chi connectivity index (χ0n) is 22.5.